The first-order valence-corrected chi connectivity index (χ1v) is 12.2. The van der Waals surface area contributed by atoms with Gasteiger partial charge in [-0.1, -0.05) is 18.2 Å². The second kappa shape index (κ2) is 10.1. The minimum absolute atomic E-state index is 0.0534. The van der Waals surface area contributed by atoms with Crippen molar-refractivity contribution in [1.29, 1.82) is 0 Å². The van der Waals surface area contributed by atoms with E-state index in [2.05, 4.69) is 10.0 Å². The van der Waals surface area contributed by atoms with Gasteiger partial charge in [0.05, 0.1) is 18.0 Å². The second-order valence-corrected chi connectivity index (χ2v) is 9.96. The van der Waals surface area contributed by atoms with Crippen LogP contribution in [0.3, 0.4) is 0 Å². The molecule has 1 atom stereocenters. The van der Waals surface area contributed by atoms with Crippen molar-refractivity contribution in [1.82, 2.24) is 9.62 Å². The van der Waals surface area contributed by atoms with Gasteiger partial charge in [-0.2, -0.15) is 26.3 Å². The van der Waals surface area contributed by atoms with E-state index in [1.165, 1.54) is 32.2 Å². The number of amides is 2. The number of hydrogen-bond acceptors (Lipinski definition) is 6. The summed E-state index contributed by atoms with van der Waals surface area (Å²) < 4.78 is 110. The van der Waals surface area contributed by atoms with Gasteiger partial charge in [-0.25, -0.2) is 17.9 Å². The lowest BCUT2D eigenvalue weighted by molar-refractivity contribution is -0.376. The normalized spacial score (nSPS) is 16.2. The molecule has 3 rings (SSSR count). The first kappa shape index (κ1) is 29.2. The lowest BCUT2D eigenvalue weighted by Gasteiger charge is -2.32. The number of fused-ring (bicyclic) bond motifs is 1. The molecule has 0 aromatic heterocycles. The minimum Gasteiger partial charge on any atom is -0.450 e. The van der Waals surface area contributed by atoms with Crippen molar-refractivity contribution in [2.24, 2.45) is 0 Å². The summed E-state index contributed by atoms with van der Waals surface area (Å²) in [6.45, 7) is 1.24. The number of aliphatic hydroxyl groups is 1. The summed E-state index contributed by atoms with van der Waals surface area (Å²) in [5.74, 6) is -0.907. The molecular weight excluding hydrogens is 548 g/mol. The van der Waals surface area contributed by atoms with Crippen LogP contribution in [-0.4, -0.2) is 56.4 Å². The molecule has 0 saturated heterocycles. The van der Waals surface area contributed by atoms with Crippen LogP contribution in [0.1, 0.15) is 29.7 Å². The largest absolute Gasteiger partial charge is 0.450 e. The third-order valence-electron chi connectivity index (χ3n) is 5.78. The van der Waals surface area contributed by atoms with Gasteiger partial charge in [0.25, 0.3) is 11.5 Å². The Labute approximate surface area is 212 Å². The van der Waals surface area contributed by atoms with E-state index in [9.17, 15) is 49.5 Å². The number of rotatable bonds is 6. The molecule has 3 N–H and O–H groups in total. The predicted octanol–water partition coefficient (Wildman–Crippen LogP) is 3.56. The minimum atomic E-state index is -6.08. The Morgan fingerprint density at radius 1 is 1.05 bits per heavy atom. The van der Waals surface area contributed by atoms with Crippen LogP contribution in [0.2, 0.25) is 0 Å². The topological polar surface area (TPSA) is 125 Å². The molecule has 38 heavy (non-hydrogen) atoms. The van der Waals surface area contributed by atoms with E-state index >= 15 is 0 Å². The summed E-state index contributed by atoms with van der Waals surface area (Å²) in [5.41, 5.74) is -6.37. The van der Waals surface area contributed by atoms with Crippen molar-refractivity contribution < 1.29 is 54.2 Å². The third-order valence-corrected chi connectivity index (χ3v) is 7.19. The molecule has 0 saturated carbocycles. The summed E-state index contributed by atoms with van der Waals surface area (Å²) in [7, 11) is -2.66. The molecule has 1 aliphatic heterocycles. The molecule has 1 heterocycles. The SMILES string of the molecule is CCOC(=O)N1Cc2cc(S(=O)(=O)NC)ccc2C1C(=O)Nc1ccc(C(O)(C(F)(F)F)C(F)(F)F)cc1. The smallest absolute Gasteiger partial charge is 0.430 e. The number of anilines is 1. The van der Waals surface area contributed by atoms with Crippen LogP contribution in [-0.2, 0) is 31.7 Å². The molecule has 1 aliphatic rings. The van der Waals surface area contributed by atoms with Crippen LogP contribution >= 0.6 is 0 Å². The van der Waals surface area contributed by atoms with Crippen LogP contribution in [0.25, 0.3) is 0 Å². The Morgan fingerprint density at radius 3 is 2.13 bits per heavy atom. The number of alkyl halides is 6. The maximum Gasteiger partial charge on any atom is 0.430 e. The molecule has 0 aliphatic carbocycles. The third kappa shape index (κ3) is 5.15. The fourth-order valence-corrected chi connectivity index (χ4v) is 4.65. The number of hydrogen-bond donors (Lipinski definition) is 3. The quantitative estimate of drug-likeness (QED) is 0.457. The van der Waals surface area contributed by atoms with Gasteiger partial charge in [0.15, 0.2) is 0 Å². The lowest BCUT2D eigenvalue weighted by atomic mass is 9.92. The predicted molar refractivity (Wildman–Crippen MR) is 119 cm³/mol. The standard InChI is InChI=1S/C22H21F6N3O6S/c1-3-37-19(33)31-11-12-10-15(38(35,36)29-2)8-9-16(12)17(31)18(32)30-14-6-4-13(5-7-14)20(34,21(23,24)25)22(26,27)28/h4-10,17,29,34H,3,11H2,1-2H3,(H,30,32). The van der Waals surface area contributed by atoms with Gasteiger partial charge in [-0.05, 0) is 49.4 Å². The zero-order valence-corrected chi connectivity index (χ0v) is 20.5. The van der Waals surface area contributed by atoms with Gasteiger partial charge < -0.3 is 15.2 Å². The average Bonchev–Trinajstić information content (AvgIpc) is 3.22. The van der Waals surface area contributed by atoms with Gasteiger partial charge in [0.2, 0.25) is 10.0 Å². The molecule has 0 bridgehead atoms. The van der Waals surface area contributed by atoms with Gasteiger partial charge in [0, 0.05) is 11.3 Å². The molecule has 0 fully saturated rings. The first-order valence-electron chi connectivity index (χ1n) is 10.7. The summed E-state index contributed by atoms with van der Waals surface area (Å²) in [4.78, 5) is 26.5. The van der Waals surface area contributed by atoms with Gasteiger partial charge in [0.1, 0.15) is 6.04 Å². The summed E-state index contributed by atoms with van der Waals surface area (Å²) in [6, 6.07) is 4.56. The molecule has 16 heteroatoms. The van der Waals surface area contributed by atoms with Crippen molar-refractivity contribution in [3.63, 3.8) is 0 Å². The number of nitrogens with one attached hydrogen (secondary N) is 2. The average molecular weight is 569 g/mol. The molecule has 2 amide bonds. The maximum atomic E-state index is 13.1. The van der Waals surface area contributed by atoms with Gasteiger partial charge >= 0.3 is 18.4 Å². The van der Waals surface area contributed by atoms with Crippen molar-refractivity contribution >= 4 is 27.7 Å². The first-order chi connectivity index (χ1) is 17.5. The zero-order valence-electron chi connectivity index (χ0n) is 19.6. The molecule has 0 spiro atoms. The monoisotopic (exact) mass is 569 g/mol. The van der Waals surface area contributed by atoms with Crippen molar-refractivity contribution in [2.45, 2.75) is 42.4 Å². The van der Waals surface area contributed by atoms with Crippen molar-refractivity contribution in [3.8, 4) is 0 Å². The number of benzene rings is 2. The van der Waals surface area contributed by atoms with Crippen LogP contribution < -0.4 is 10.0 Å². The van der Waals surface area contributed by atoms with Crippen LogP contribution in [0.15, 0.2) is 47.4 Å². The van der Waals surface area contributed by atoms with Crippen LogP contribution in [0, 0.1) is 0 Å². The fraction of sp³-hybridized carbons (Fsp3) is 0.364. The van der Waals surface area contributed by atoms with Gasteiger partial charge in [-0.15, -0.1) is 0 Å². The van der Waals surface area contributed by atoms with E-state index in [-0.39, 0.29) is 29.3 Å². The van der Waals surface area contributed by atoms with Gasteiger partial charge in [-0.3, -0.25) is 9.69 Å². The zero-order chi connectivity index (χ0) is 28.7. The van der Waals surface area contributed by atoms with E-state index < -0.39 is 51.6 Å². The maximum absolute atomic E-state index is 13.1. The summed E-state index contributed by atoms with van der Waals surface area (Å²) in [6.07, 6.45) is -13.1. The van der Waals surface area contributed by atoms with E-state index in [1.54, 1.807) is 0 Å². The Morgan fingerprint density at radius 2 is 1.63 bits per heavy atom. The highest BCUT2D eigenvalue weighted by Crippen LogP contribution is 2.50. The Kier molecular flexibility index (Phi) is 7.74. The van der Waals surface area contributed by atoms with E-state index in [1.807, 2.05) is 0 Å². The molecule has 1 unspecified atom stereocenters. The van der Waals surface area contributed by atoms with E-state index in [0.717, 1.165) is 17.0 Å². The van der Waals surface area contributed by atoms with E-state index in [0.29, 0.717) is 17.7 Å². The lowest BCUT2D eigenvalue weighted by Crippen LogP contribution is -2.53. The van der Waals surface area contributed by atoms with Crippen molar-refractivity contribution in [2.75, 3.05) is 19.0 Å². The summed E-state index contributed by atoms with van der Waals surface area (Å²) in [5, 5.41) is 11.8. The number of ether oxygens (including phenoxy) is 1. The number of carbonyl (C=O) groups is 2. The molecule has 2 aromatic rings. The van der Waals surface area contributed by atoms with E-state index in [4.69, 9.17) is 4.74 Å². The number of carbonyl (C=O) groups excluding carboxylic acids is 2. The Bertz CT molecular complexity index is 1310. The molecular formula is C22H21F6N3O6S. The van der Waals surface area contributed by atoms with Crippen LogP contribution in [0.5, 0.6) is 0 Å². The molecule has 2 aromatic carbocycles. The van der Waals surface area contributed by atoms with Crippen LogP contribution in [0.4, 0.5) is 36.8 Å². The molecule has 208 valence electrons. The number of nitrogens with zero attached hydrogens (tertiary/aromatic N) is 1. The number of halogens is 6. The highest BCUT2D eigenvalue weighted by molar-refractivity contribution is 7.89. The fourth-order valence-electron chi connectivity index (χ4n) is 3.87. The molecule has 0 radical (unpaired) electrons. The Balaban J connectivity index is 1.95. The highest BCUT2D eigenvalue weighted by Gasteiger charge is 2.71. The summed E-state index contributed by atoms with van der Waals surface area (Å²) >= 11 is 0. The highest BCUT2D eigenvalue weighted by atomic mass is 32.2. The molecule has 9 nitrogen and oxygen atoms in total. The Hall–Kier alpha value is -3.37. The second-order valence-electron chi connectivity index (χ2n) is 8.07. The van der Waals surface area contributed by atoms with Crippen molar-refractivity contribution in [3.05, 3.63) is 59.2 Å². The number of sulfonamides is 1.